The van der Waals surface area contributed by atoms with Crippen molar-refractivity contribution in [1.82, 2.24) is 0 Å². The lowest BCUT2D eigenvalue weighted by Crippen LogP contribution is -1.82. The Morgan fingerprint density at radius 2 is 2.00 bits per heavy atom. The summed E-state index contributed by atoms with van der Waals surface area (Å²) in [5.41, 5.74) is 0. The van der Waals surface area contributed by atoms with Crippen LogP contribution in [0.15, 0.2) is 12.7 Å². The number of hydrogen-bond acceptors (Lipinski definition) is 3. The molecule has 0 aromatic carbocycles. The molecule has 0 bridgehead atoms. The number of aliphatic hydroxyl groups excluding tert-OH is 1. The van der Waals surface area contributed by atoms with Gasteiger partial charge in [0.15, 0.2) is 6.29 Å². The van der Waals surface area contributed by atoms with Crippen molar-refractivity contribution in [2.24, 2.45) is 0 Å². The number of aliphatic carboxylic acids is 1. The second-order valence-electron chi connectivity index (χ2n) is 1.77. The lowest BCUT2D eigenvalue weighted by molar-refractivity contribution is -0.131. The van der Waals surface area contributed by atoms with E-state index in [0.29, 0.717) is 0 Å². The summed E-state index contributed by atoms with van der Waals surface area (Å²) in [6, 6.07) is 0. The molecule has 0 spiro atoms. The minimum atomic E-state index is -0.981. The van der Waals surface area contributed by atoms with E-state index in [9.17, 15) is 4.79 Å². The molecule has 1 heterocycles. The summed E-state index contributed by atoms with van der Waals surface area (Å²) in [7, 11) is 0. The number of hydrogen-bond donors (Lipinski definition) is 2. The Balaban J connectivity index is 0.000000162. The van der Waals surface area contributed by atoms with E-state index in [2.05, 4.69) is 11.3 Å². The van der Waals surface area contributed by atoms with Crippen LogP contribution < -0.4 is 0 Å². The molecule has 1 aliphatic rings. The summed E-state index contributed by atoms with van der Waals surface area (Å²) in [4.78, 5) is 9.25. The van der Waals surface area contributed by atoms with E-state index in [-0.39, 0.29) is 6.10 Å². The predicted molar refractivity (Wildman–Crippen MR) is 34.4 cm³/mol. The van der Waals surface area contributed by atoms with Gasteiger partial charge in [0.25, 0.3) is 0 Å². The van der Waals surface area contributed by atoms with Crippen LogP contribution in [0, 0.1) is 0 Å². The molecule has 10 heavy (non-hydrogen) atoms. The predicted octanol–water partition coefficient (Wildman–Crippen LogP) is -0.0195. The van der Waals surface area contributed by atoms with Crippen molar-refractivity contribution < 1.29 is 19.7 Å². The SMILES string of the molecule is C=CC(=O)O.CC1OC1O. The van der Waals surface area contributed by atoms with Crippen LogP contribution in [0.25, 0.3) is 0 Å². The Kier molecular flexibility index (Phi) is 3.68. The molecular formula is C6H10O4. The minimum Gasteiger partial charge on any atom is -0.478 e. The second-order valence-corrected chi connectivity index (χ2v) is 1.77. The molecule has 2 atom stereocenters. The Bertz CT molecular complexity index is 126. The molecule has 0 aromatic heterocycles. The topological polar surface area (TPSA) is 70.1 Å². The number of ether oxygens (including phenoxy) is 1. The van der Waals surface area contributed by atoms with Crippen LogP contribution in [0.3, 0.4) is 0 Å². The van der Waals surface area contributed by atoms with Gasteiger partial charge in [-0.1, -0.05) is 6.58 Å². The molecule has 0 amide bonds. The number of epoxide rings is 1. The van der Waals surface area contributed by atoms with E-state index in [1.165, 1.54) is 0 Å². The van der Waals surface area contributed by atoms with Gasteiger partial charge in [0.1, 0.15) is 6.10 Å². The maximum Gasteiger partial charge on any atom is 0.327 e. The molecule has 4 nitrogen and oxygen atoms in total. The van der Waals surface area contributed by atoms with Crippen LogP contribution in [-0.2, 0) is 9.53 Å². The zero-order valence-corrected chi connectivity index (χ0v) is 5.65. The third kappa shape index (κ3) is 5.27. The summed E-state index contributed by atoms with van der Waals surface area (Å²) in [6.07, 6.45) is 0.491. The fourth-order valence-corrected chi connectivity index (χ4v) is 0.175. The van der Waals surface area contributed by atoms with Gasteiger partial charge in [0, 0.05) is 6.08 Å². The summed E-state index contributed by atoms with van der Waals surface area (Å²) >= 11 is 0. The second kappa shape index (κ2) is 4.03. The number of aliphatic hydroxyl groups is 1. The molecule has 2 unspecified atom stereocenters. The van der Waals surface area contributed by atoms with Crippen molar-refractivity contribution >= 4 is 5.97 Å². The monoisotopic (exact) mass is 146 g/mol. The van der Waals surface area contributed by atoms with Gasteiger partial charge < -0.3 is 14.9 Å². The molecule has 1 rings (SSSR count). The number of rotatable bonds is 1. The first-order valence-electron chi connectivity index (χ1n) is 2.76. The molecular weight excluding hydrogens is 136 g/mol. The summed E-state index contributed by atoms with van der Waals surface area (Å²) in [5, 5.41) is 15.8. The lowest BCUT2D eigenvalue weighted by Gasteiger charge is -1.64. The first-order valence-corrected chi connectivity index (χ1v) is 2.76. The average molecular weight is 146 g/mol. The normalized spacial score (nSPS) is 27.8. The highest BCUT2D eigenvalue weighted by Crippen LogP contribution is 2.15. The number of carboxylic acid groups (broad SMARTS) is 1. The van der Waals surface area contributed by atoms with Crippen LogP contribution in [0.2, 0.25) is 0 Å². The molecule has 0 radical (unpaired) electrons. The fraction of sp³-hybridized carbons (Fsp3) is 0.500. The fourth-order valence-electron chi connectivity index (χ4n) is 0.175. The Hall–Kier alpha value is -0.870. The van der Waals surface area contributed by atoms with E-state index in [1.807, 2.05) is 6.92 Å². The van der Waals surface area contributed by atoms with Gasteiger partial charge in [-0.15, -0.1) is 0 Å². The molecule has 4 heteroatoms. The Morgan fingerprint density at radius 1 is 1.80 bits per heavy atom. The standard InChI is InChI=1S/C3H6O2.C3H4O2/c1-2-3(4)5-2;1-2-3(4)5/h2-4H,1H3;2H,1H2,(H,4,5). The lowest BCUT2D eigenvalue weighted by atomic mass is 10.5. The van der Waals surface area contributed by atoms with E-state index in [0.717, 1.165) is 6.08 Å². The van der Waals surface area contributed by atoms with Gasteiger partial charge in [-0.25, -0.2) is 4.79 Å². The van der Waals surface area contributed by atoms with Crippen molar-refractivity contribution in [3.8, 4) is 0 Å². The zero-order valence-electron chi connectivity index (χ0n) is 5.65. The maximum atomic E-state index is 9.25. The van der Waals surface area contributed by atoms with E-state index in [1.54, 1.807) is 0 Å². The number of carboxylic acids is 1. The molecule has 1 saturated heterocycles. The molecule has 0 aromatic rings. The molecule has 1 fully saturated rings. The highest BCUT2D eigenvalue weighted by molar-refractivity contribution is 5.78. The van der Waals surface area contributed by atoms with Crippen LogP contribution in [0.4, 0.5) is 0 Å². The first-order chi connectivity index (χ1) is 4.57. The highest BCUT2D eigenvalue weighted by atomic mass is 16.7. The van der Waals surface area contributed by atoms with Gasteiger partial charge in [-0.2, -0.15) is 0 Å². The van der Waals surface area contributed by atoms with Crippen molar-refractivity contribution in [1.29, 1.82) is 0 Å². The largest absolute Gasteiger partial charge is 0.478 e. The Morgan fingerprint density at radius 3 is 2.00 bits per heavy atom. The van der Waals surface area contributed by atoms with Crippen LogP contribution in [-0.4, -0.2) is 28.6 Å². The third-order valence-electron chi connectivity index (χ3n) is 0.854. The van der Waals surface area contributed by atoms with Crippen LogP contribution >= 0.6 is 0 Å². The first kappa shape index (κ1) is 9.13. The summed E-state index contributed by atoms with van der Waals surface area (Å²) < 4.78 is 4.47. The average Bonchev–Trinajstić information content (AvgIpc) is 2.47. The third-order valence-corrected chi connectivity index (χ3v) is 0.854. The molecule has 1 aliphatic heterocycles. The zero-order chi connectivity index (χ0) is 8.15. The van der Waals surface area contributed by atoms with E-state index < -0.39 is 12.3 Å². The summed E-state index contributed by atoms with van der Waals surface area (Å²) in [6.45, 7) is 4.78. The van der Waals surface area contributed by atoms with Crippen molar-refractivity contribution in [3.63, 3.8) is 0 Å². The van der Waals surface area contributed by atoms with Gasteiger partial charge >= 0.3 is 5.97 Å². The van der Waals surface area contributed by atoms with Gasteiger partial charge in [0.2, 0.25) is 0 Å². The number of carbonyl (C=O) groups is 1. The minimum absolute atomic E-state index is 0.106. The Labute approximate surface area is 58.7 Å². The maximum absolute atomic E-state index is 9.25. The van der Waals surface area contributed by atoms with Crippen molar-refractivity contribution in [2.45, 2.75) is 19.3 Å². The van der Waals surface area contributed by atoms with Crippen LogP contribution in [0.5, 0.6) is 0 Å². The molecule has 0 aliphatic carbocycles. The van der Waals surface area contributed by atoms with E-state index in [4.69, 9.17) is 10.2 Å². The van der Waals surface area contributed by atoms with Crippen molar-refractivity contribution in [2.75, 3.05) is 0 Å². The van der Waals surface area contributed by atoms with Crippen LogP contribution in [0.1, 0.15) is 6.92 Å². The van der Waals surface area contributed by atoms with Crippen molar-refractivity contribution in [3.05, 3.63) is 12.7 Å². The van der Waals surface area contributed by atoms with Gasteiger partial charge in [-0.3, -0.25) is 0 Å². The summed E-state index contributed by atoms with van der Waals surface area (Å²) in [5.74, 6) is -0.981. The smallest absolute Gasteiger partial charge is 0.327 e. The molecule has 2 N–H and O–H groups in total. The van der Waals surface area contributed by atoms with Gasteiger partial charge in [0.05, 0.1) is 0 Å². The molecule has 0 saturated carbocycles. The van der Waals surface area contributed by atoms with E-state index >= 15 is 0 Å². The highest BCUT2D eigenvalue weighted by Gasteiger charge is 2.30. The molecule has 58 valence electrons. The quantitative estimate of drug-likeness (QED) is 0.403. The van der Waals surface area contributed by atoms with Gasteiger partial charge in [-0.05, 0) is 6.92 Å².